The predicted octanol–water partition coefficient (Wildman–Crippen LogP) is 3.34. The van der Waals surface area contributed by atoms with E-state index in [0.717, 1.165) is 22.8 Å². The van der Waals surface area contributed by atoms with Crippen LogP contribution in [0.3, 0.4) is 0 Å². The maximum atomic E-state index is 10.4. The molecular formula is C17H15NO3. The molecule has 2 aromatic carbocycles. The van der Waals surface area contributed by atoms with Crippen molar-refractivity contribution in [2.75, 3.05) is 0 Å². The lowest BCUT2D eigenvalue weighted by molar-refractivity contribution is -0.131. The van der Waals surface area contributed by atoms with Crippen LogP contribution in [-0.4, -0.2) is 17.3 Å². The minimum Gasteiger partial charge on any atom is -0.478 e. The van der Waals surface area contributed by atoms with Crippen LogP contribution in [0.25, 0.3) is 6.08 Å². The zero-order chi connectivity index (χ0) is 14.9. The van der Waals surface area contributed by atoms with Crippen molar-refractivity contribution in [3.05, 3.63) is 77.4 Å². The fourth-order valence-electron chi connectivity index (χ4n) is 1.64. The summed E-state index contributed by atoms with van der Waals surface area (Å²) >= 11 is 0. The van der Waals surface area contributed by atoms with Crippen LogP contribution in [0.4, 0.5) is 0 Å². The molecule has 0 saturated carbocycles. The average molecular weight is 281 g/mol. The highest BCUT2D eigenvalue weighted by molar-refractivity contribution is 5.85. The molecule has 0 fully saturated rings. The van der Waals surface area contributed by atoms with Crippen molar-refractivity contribution in [2.24, 2.45) is 5.16 Å². The van der Waals surface area contributed by atoms with Crippen molar-refractivity contribution in [3.63, 3.8) is 0 Å². The number of hydrogen-bond acceptors (Lipinski definition) is 3. The van der Waals surface area contributed by atoms with Crippen molar-refractivity contribution in [1.82, 2.24) is 0 Å². The minimum absolute atomic E-state index is 0.427. The maximum absolute atomic E-state index is 10.4. The van der Waals surface area contributed by atoms with Gasteiger partial charge in [-0.2, -0.15) is 0 Å². The van der Waals surface area contributed by atoms with E-state index in [0.29, 0.717) is 6.61 Å². The Morgan fingerprint density at radius 3 is 2.38 bits per heavy atom. The molecule has 0 spiro atoms. The number of rotatable bonds is 6. The second-order valence-corrected chi connectivity index (χ2v) is 4.33. The highest BCUT2D eigenvalue weighted by atomic mass is 16.6. The molecule has 2 aromatic rings. The van der Waals surface area contributed by atoms with Crippen LogP contribution in [0, 0.1) is 0 Å². The molecule has 0 bridgehead atoms. The first-order valence-corrected chi connectivity index (χ1v) is 6.44. The van der Waals surface area contributed by atoms with E-state index in [2.05, 4.69) is 5.16 Å². The van der Waals surface area contributed by atoms with Gasteiger partial charge in [0.25, 0.3) is 0 Å². The summed E-state index contributed by atoms with van der Waals surface area (Å²) in [6, 6.07) is 17.1. The molecule has 0 saturated heterocycles. The summed E-state index contributed by atoms with van der Waals surface area (Å²) in [5.41, 5.74) is 2.76. The Kier molecular flexibility index (Phi) is 5.29. The van der Waals surface area contributed by atoms with Gasteiger partial charge in [-0.05, 0) is 22.8 Å². The third kappa shape index (κ3) is 5.32. The number of carboxylic acids is 1. The topological polar surface area (TPSA) is 58.9 Å². The summed E-state index contributed by atoms with van der Waals surface area (Å²) in [5.74, 6) is -0.963. The average Bonchev–Trinajstić information content (AvgIpc) is 2.52. The van der Waals surface area contributed by atoms with Gasteiger partial charge in [0.1, 0.15) is 6.61 Å². The van der Waals surface area contributed by atoms with Crippen LogP contribution < -0.4 is 0 Å². The molecule has 4 nitrogen and oxygen atoms in total. The molecule has 0 aliphatic rings. The van der Waals surface area contributed by atoms with Gasteiger partial charge in [-0.1, -0.05) is 59.8 Å². The smallest absolute Gasteiger partial charge is 0.328 e. The van der Waals surface area contributed by atoms with Crippen molar-refractivity contribution in [3.8, 4) is 0 Å². The molecule has 2 rings (SSSR count). The zero-order valence-electron chi connectivity index (χ0n) is 11.3. The monoisotopic (exact) mass is 281 g/mol. The van der Waals surface area contributed by atoms with E-state index in [1.165, 1.54) is 6.08 Å². The summed E-state index contributed by atoms with van der Waals surface area (Å²) in [5, 5.41) is 12.4. The second kappa shape index (κ2) is 7.65. The lowest BCUT2D eigenvalue weighted by atomic mass is 10.1. The van der Waals surface area contributed by atoms with Gasteiger partial charge < -0.3 is 9.94 Å². The summed E-state index contributed by atoms with van der Waals surface area (Å²) in [6.45, 7) is 0.427. The minimum atomic E-state index is -0.963. The summed E-state index contributed by atoms with van der Waals surface area (Å²) < 4.78 is 0. The molecule has 0 heterocycles. The SMILES string of the molecule is O=C(O)/C=C/c1ccc(/C=N/OCc2ccccc2)cc1. The van der Waals surface area contributed by atoms with Gasteiger partial charge in [0.15, 0.2) is 0 Å². The molecule has 106 valence electrons. The Labute approximate surface area is 123 Å². The van der Waals surface area contributed by atoms with E-state index in [4.69, 9.17) is 9.94 Å². The van der Waals surface area contributed by atoms with Gasteiger partial charge >= 0.3 is 5.97 Å². The Bertz CT molecular complexity index is 631. The van der Waals surface area contributed by atoms with E-state index in [1.54, 1.807) is 6.21 Å². The predicted molar refractivity (Wildman–Crippen MR) is 81.9 cm³/mol. The van der Waals surface area contributed by atoms with Gasteiger partial charge in [-0.3, -0.25) is 0 Å². The molecule has 4 heteroatoms. The van der Waals surface area contributed by atoms with Crippen molar-refractivity contribution >= 4 is 18.3 Å². The Hall–Kier alpha value is -2.88. The summed E-state index contributed by atoms with van der Waals surface area (Å²) in [4.78, 5) is 15.6. The number of carbonyl (C=O) groups is 1. The lowest BCUT2D eigenvalue weighted by Crippen LogP contribution is -1.88. The normalized spacial score (nSPS) is 11.0. The fourth-order valence-corrected chi connectivity index (χ4v) is 1.64. The Morgan fingerprint density at radius 1 is 1.05 bits per heavy atom. The highest BCUT2D eigenvalue weighted by Crippen LogP contribution is 2.05. The van der Waals surface area contributed by atoms with Gasteiger partial charge in [0.05, 0.1) is 6.21 Å². The maximum Gasteiger partial charge on any atom is 0.328 e. The molecule has 0 unspecified atom stereocenters. The van der Waals surface area contributed by atoms with Crippen LogP contribution in [0.1, 0.15) is 16.7 Å². The number of benzene rings is 2. The van der Waals surface area contributed by atoms with Crippen LogP contribution in [-0.2, 0) is 16.2 Å². The van der Waals surface area contributed by atoms with Gasteiger partial charge in [-0.25, -0.2) is 4.79 Å². The zero-order valence-corrected chi connectivity index (χ0v) is 11.3. The van der Waals surface area contributed by atoms with Crippen molar-refractivity contribution in [1.29, 1.82) is 0 Å². The van der Waals surface area contributed by atoms with E-state index < -0.39 is 5.97 Å². The molecule has 0 radical (unpaired) electrons. The molecule has 0 aliphatic heterocycles. The lowest BCUT2D eigenvalue weighted by Gasteiger charge is -1.99. The second-order valence-electron chi connectivity index (χ2n) is 4.33. The number of hydrogen-bond donors (Lipinski definition) is 1. The molecule has 0 aromatic heterocycles. The number of carboxylic acid groups (broad SMARTS) is 1. The van der Waals surface area contributed by atoms with E-state index >= 15 is 0 Å². The molecule has 21 heavy (non-hydrogen) atoms. The van der Waals surface area contributed by atoms with Crippen LogP contribution >= 0.6 is 0 Å². The largest absolute Gasteiger partial charge is 0.478 e. The van der Waals surface area contributed by atoms with E-state index in [9.17, 15) is 4.79 Å². The molecule has 0 aliphatic carbocycles. The number of nitrogens with zero attached hydrogens (tertiary/aromatic N) is 1. The van der Waals surface area contributed by atoms with Gasteiger partial charge in [0, 0.05) is 6.08 Å². The van der Waals surface area contributed by atoms with Crippen LogP contribution in [0.15, 0.2) is 65.8 Å². The third-order valence-corrected chi connectivity index (χ3v) is 2.71. The van der Waals surface area contributed by atoms with E-state index in [1.807, 2.05) is 54.6 Å². The van der Waals surface area contributed by atoms with Crippen LogP contribution in [0.5, 0.6) is 0 Å². The molecule has 0 amide bonds. The number of aliphatic carboxylic acids is 1. The first kappa shape index (κ1) is 14.5. The molecule has 1 N–H and O–H groups in total. The fraction of sp³-hybridized carbons (Fsp3) is 0.0588. The molecular weight excluding hydrogens is 266 g/mol. The highest BCUT2D eigenvalue weighted by Gasteiger charge is 1.92. The summed E-state index contributed by atoms with van der Waals surface area (Å²) in [7, 11) is 0. The van der Waals surface area contributed by atoms with Crippen LogP contribution in [0.2, 0.25) is 0 Å². The first-order valence-electron chi connectivity index (χ1n) is 6.44. The standard InChI is InChI=1S/C17H15NO3/c19-17(20)11-10-14-6-8-15(9-7-14)12-18-21-13-16-4-2-1-3-5-16/h1-12H,13H2,(H,19,20)/b11-10+,18-12+. The third-order valence-electron chi connectivity index (χ3n) is 2.71. The van der Waals surface area contributed by atoms with Gasteiger partial charge in [-0.15, -0.1) is 0 Å². The molecule has 0 atom stereocenters. The quantitative estimate of drug-likeness (QED) is 0.502. The van der Waals surface area contributed by atoms with Crippen molar-refractivity contribution in [2.45, 2.75) is 6.61 Å². The van der Waals surface area contributed by atoms with Gasteiger partial charge in [0.2, 0.25) is 0 Å². The first-order chi connectivity index (χ1) is 10.2. The van der Waals surface area contributed by atoms with Crippen molar-refractivity contribution < 1.29 is 14.7 Å². The summed E-state index contributed by atoms with van der Waals surface area (Å²) in [6.07, 6.45) is 4.26. The number of oxime groups is 1. The Morgan fingerprint density at radius 2 is 1.71 bits per heavy atom. The van der Waals surface area contributed by atoms with E-state index in [-0.39, 0.29) is 0 Å². The Balaban J connectivity index is 1.85.